The Balaban J connectivity index is 1.94. The zero-order valence-electron chi connectivity index (χ0n) is 39.4. The lowest BCUT2D eigenvalue weighted by Crippen LogP contribution is -2.49. The molecule has 354 valence electrons. The number of hydrogen-bond donors (Lipinski definition) is 5. The third-order valence-corrected chi connectivity index (χ3v) is 12.2. The zero-order valence-corrected chi connectivity index (χ0v) is 39.4. The number of benzene rings is 2. The normalized spacial score (nSPS) is 28.5. The first-order valence-corrected chi connectivity index (χ1v) is 22.2. The predicted molar refractivity (Wildman–Crippen MR) is 242 cm³/mol. The van der Waals surface area contributed by atoms with Gasteiger partial charge in [0.05, 0.1) is 41.2 Å². The molecule has 3 aliphatic heterocycles. The van der Waals surface area contributed by atoms with Crippen LogP contribution in [0.2, 0.25) is 0 Å². The topological polar surface area (TPSA) is 214 Å². The Morgan fingerprint density at radius 3 is 2.12 bits per heavy atom. The van der Waals surface area contributed by atoms with Crippen LogP contribution in [0.3, 0.4) is 0 Å². The molecule has 0 radical (unpaired) electrons. The van der Waals surface area contributed by atoms with Gasteiger partial charge < -0.3 is 49.4 Å². The number of anilines is 1. The average Bonchev–Trinajstić information content (AvgIpc) is 3.52. The summed E-state index contributed by atoms with van der Waals surface area (Å²) in [6.45, 7) is 19.8. The van der Waals surface area contributed by atoms with Gasteiger partial charge in [-0.15, -0.1) is 0 Å². The summed E-state index contributed by atoms with van der Waals surface area (Å²) >= 11 is 0. The number of nitrogens with one attached hydrogen (secondary N) is 1. The second-order valence-corrected chi connectivity index (χ2v) is 17.2. The Labute approximate surface area is 376 Å². The van der Waals surface area contributed by atoms with E-state index in [0.29, 0.717) is 26.1 Å². The highest BCUT2D eigenvalue weighted by molar-refractivity contribution is 6.21. The summed E-state index contributed by atoms with van der Waals surface area (Å²) in [6.07, 6.45) is 5.90. The maximum absolute atomic E-state index is 14.7. The molecule has 0 aliphatic carbocycles. The average molecular weight is 896 g/mol. The van der Waals surface area contributed by atoms with E-state index in [2.05, 4.69) is 5.32 Å². The minimum absolute atomic E-state index is 0.0565. The molecule has 5 N–H and O–H groups in total. The van der Waals surface area contributed by atoms with Gasteiger partial charge in [0.2, 0.25) is 0 Å². The zero-order chi connectivity index (χ0) is 47.8. The Morgan fingerprint density at radius 1 is 0.891 bits per heavy atom. The fourth-order valence-corrected chi connectivity index (χ4v) is 8.47. The van der Waals surface area contributed by atoms with Gasteiger partial charge in [-0.3, -0.25) is 24.2 Å². The van der Waals surface area contributed by atoms with Crippen molar-refractivity contribution in [3.8, 4) is 23.0 Å². The molecule has 5 rings (SSSR count). The van der Waals surface area contributed by atoms with E-state index in [1.54, 1.807) is 44.9 Å². The molecule has 0 saturated carbocycles. The highest BCUT2D eigenvalue weighted by Crippen LogP contribution is 2.54. The number of nitrogens with zero attached hydrogens (tertiary/aromatic N) is 2. The van der Waals surface area contributed by atoms with Gasteiger partial charge in [0.15, 0.2) is 12.4 Å². The number of carbonyl (C=O) groups is 4. The van der Waals surface area contributed by atoms with E-state index in [9.17, 15) is 39.6 Å². The highest BCUT2D eigenvalue weighted by atomic mass is 16.7. The first-order valence-electron chi connectivity index (χ1n) is 22.2. The van der Waals surface area contributed by atoms with Crippen molar-refractivity contribution >= 4 is 40.0 Å². The van der Waals surface area contributed by atoms with E-state index in [1.807, 2.05) is 25.8 Å². The number of Topliss-reactive ketones (excluding diaryl/α,β-unsaturated/α-hetero) is 1. The summed E-state index contributed by atoms with van der Waals surface area (Å²) in [7, 11) is 1.44. The highest BCUT2D eigenvalue weighted by Gasteiger charge is 2.50. The fraction of sp³-hybridized carbons (Fsp3) is 0.583. The number of phenolic OH excluding ortho intramolecular Hbond substituents is 2. The number of ether oxygens (including phenoxy) is 5. The smallest absolute Gasteiger partial charge is 0.312 e. The number of esters is 1. The van der Waals surface area contributed by atoms with Crippen LogP contribution in [-0.4, -0.2) is 118 Å². The predicted octanol–water partition coefficient (Wildman–Crippen LogP) is 6.70. The van der Waals surface area contributed by atoms with E-state index < -0.39 is 89.6 Å². The molecular formula is C48H69N3O13. The lowest BCUT2D eigenvalue weighted by atomic mass is 9.78. The van der Waals surface area contributed by atoms with Crippen LogP contribution in [0, 0.1) is 30.6 Å². The van der Waals surface area contributed by atoms with Crippen LogP contribution in [0.4, 0.5) is 5.69 Å². The third kappa shape index (κ3) is 11.0. The molecule has 2 amide bonds. The third-order valence-electron chi connectivity index (χ3n) is 12.2. The number of amides is 2. The number of phenols is 2. The van der Waals surface area contributed by atoms with Crippen LogP contribution in [-0.2, 0) is 28.6 Å². The summed E-state index contributed by atoms with van der Waals surface area (Å²) in [5.41, 5.74) is -0.00517. The van der Waals surface area contributed by atoms with Gasteiger partial charge in [0, 0.05) is 86.9 Å². The fourth-order valence-electron chi connectivity index (χ4n) is 8.47. The number of fused-ring (bicyclic) bond motifs is 14. The van der Waals surface area contributed by atoms with E-state index in [1.165, 1.54) is 59.3 Å². The van der Waals surface area contributed by atoms with Crippen molar-refractivity contribution in [2.24, 2.45) is 23.7 Å². The number of hydrazine groups is 1. The largest absolute Gasteiger partial charge is 0.507 e. The van der Waals surface area contributed by atoms with Gasteiger partial charge >= 0.3 is 11.8 Å². The molecule has 0 spiro atoms. The van der Waals surface area contributed by atoms with Crippen molar-refractivity contribution in [1.82, 2.24) is 10.0 Å². The lowest BCUT2D eigenvalue weighted by molar-refractivity contribution is -0.160. The standard InChI is InChI=1S/C48H69N3O13/c1-13-20-50(21-14-2)51(22-15-3)36(53)25-61-35-24-33-43(57)38-37(35)39-45(31(9)42(38)56)64-48(11,46(39)58)62-23-19-34(60-12)28(6)44(63-32(10)52)30(8)41(55)29(7)40(54)26(4)17-16-18-27(5)47(59)49-33/h16-19,23-24,26,28-30,34,40-41,44,54-57H,13-15,20-22,25H2,1-12H3,(H,49,59)/b17-16+,23-19+,27-18-. The number of ketones is 1. The van der Waals surface area contributed by atoms with Gasteiger partial charge in [-0.2, -0.15) is 0 Å². The summed E-state index contributed by atoms with van der Waals surface area (Å²) in [5, 5.41) is 52.5. The number of methoxy groups -OCH3 is 1. The van der Waals surface area contributed by atoms with Gasteiger partial charge in [-0.05, 0) is 39.2 Å². The number of aliphatic hydroxyl groups excluding tert-OH is 2. The molecule has 5 bridgehead atoms. The van der Waals surface area contributed by atoms with E-state index >= 15 is 0 Å². The Bertz CT molecular complexity index is 2110. The molecule has 16 nitrogen and oxygen atoms in total. The maximum atomic E-state index is 14.7. The number of aliphatic hydroxyl groups is 2. The second-order valence-electron chi connectivity index (χ2n) is 17.2. The first kappa shape index (κ1) is 51.5. The molecule has 64 heavy (non-hydrogen) atoms. The van der Waals surface area contributed by atoms with Crippen molar-refractivity contribution in [3.05, 3.63) is 53.3 Å². The van der Waals surface area contributed by atoms with Crippen LogP contribution in [0.1, 0.15) is 104 Å². The Morgan fingerprint density at radius 2 is 1.53 bits per heavy atom. The Kier molecular flexibility index (Phi) is 17.8. The molecule has 0 fully saturated rings. The minimum Gasteiger partial charge on any atom is -0.507 e. The van der Waals surface area contributed by atoms with Crippen molar-refractivity contribution in [2.75, 3.05) is 38.7 Å². The van der Waals surface area contributed by atoms with Crippen molar-refractivity contribution in [2.45, 2.75) is 126 Å². The quantitative estimate of drug-likeness (QED) is 0.0852. The number of rotatable bonds is 12. The summed E-state index contributed by atoms with van der Waals surface area (Å²) in [4.78, 5) is 54.7. The van der Waals surface area contributed by atoms with Gasteiger partial charge in [-0.25, -0.2) is 5.01 Å². The molecule has 2 aromatic carbocycles. The van der Waals surface area contributed by atoms with Crippen molar-refractivity contribution < 1.29 is 63.3 Å². The molecule has 0 saturated heterocycles. The SMILES string of the molecule is CCCN(CCC)N(CCC)C(=O)COc1cc2c(O)c3c(O)c(C)c4c(c13)C(=O)C(C)(O/C=C/C(OC)C(C)C(OC(C)=O)C(C)C(O)C(C)C(O)C(C)/C=C/C=C(/C)C(=O)N2)O4. The van der Waals surface area contributed by atoms with Crippen molar-refractivity contribution in [3.63, 3.8) is 0 Å². The number of carbonyl (C=O) groups excluding carboxylic acids is 4. The number of allylic oxidation sites excluding steroid dienone is 2. The van der Waals surface area contributed by atoms with Crippen LogP contribution >= 0.6 is 0 Å². The maximum Gasteiger partial charge on any atom is 0.312 e. The molecular weight excluding hydrogens is 827 g/mol. The molecule has 9 atom stereocenters. The monoisotopic (exact) mass is 895 g/mol. The van der Waals surface area contributed by atoms with Crippen LogP contribution in [0.15, 0.2) is 42.2 Å². The Hall–Kier alpha value is -5.16. The number of hydrogen-bond acceptors (Lipinski definition) is 14. The van der Waals surface area contributed by atoms with E-state index in [4.69, 9.17) is 23.7 Å². The minimum atomic E-state index is -2.04. The van der Waals surface area contributed by atoms with Crippen LogP contribution in [0.25, 0.3) is 10.8 Å². The summed E-state index contributed by atoms with van der Waals surface area (Å²) in [5.74, 6) is -8.05. The van der Waals surface area contributed by atoms with Gasteiger partial charge in [0.25, 0.3) is 17.6 Å². The first-order chi connectivity index (χ1) is 30.2. The van der Waals surface area contributed by atoms with Crippen molar-refractivity contribution in [1.29, 1.82) is 0 Å². The van der Waals surface area contributed by atoms with Gasteiger partial charge in [-0.1, -0.05) is 66.7 Å². The molecule has 2 aromatic rings. The van der Waals surface area contributed by atoms with E-state index in [-0.39, 0.29) is 50.6 Å². The van der Waals surface area contributed by atoms with Gasteiger partial charge in [0.1, 0.15) is 23.4 Å². The summed E-state index contributed by atoms with van der Waals surface area (Å²) < 4.78 is 30.1. The lowest BCUT2D eigenvalue weighted by Gasteiger charge is -2.38. The molecule has 0 aromatic heterocycles. The molecule has 3 heterocycles. The van der Waals surface area contributed by atoms with E-state index in [0.717, 1.165) is 12.8 Å². The molecule has 16 heteroatoms. The molecule has 3 aliphatic rings. The molecule has 9 unspecified atom stereocenters. The number of aromatic hydroxyl groups is 2. The van der Waals surface area contributed by atoms with Crippen LogP contribution in [0.5, 0.6) is 23.0 Å². The van der Waals surface area contributed by atoms with Crippen LogP contribution < -0.4 is 14.8 Å². The summed E-state index contributed by atoms with van der Waals surface area (Å²) in [6, 6.07) is 1.29. The second kappa shape index (κ2) is 22.2.